The fourth-order valence-electron chi connectivity index (χ4n) is 2.65. The molecular formula is C20H20ClN2O2+. The van der Waals surface area contributed by atoms with E-state index in [0.29, 0.717) is 18.1 Å². The summed E-state index contributed by atoms with van der Waals surface area (Å²) in [6.07, 6.45) is 1.65. The molecular weight excluding hydrogens is 336 g/mol. The molecule has 128 valence electrons. The van der Waals surface area contributed by atoms with Crippen LogP contribution in [0.2, 0.25) is 5.02 Å². The number of carbonyl (C=O) groups excluding carboxylic acids is 1. The molecule has 25 heavy (non-hydrogen) atoms. The minimum atomic E-state index is -0.0440. The summed E-state index contributed by atoms with van der Waals surface area (Å²) in [5, 5.41) is 5.59. The summed E-state index contributed by atoms with van der Waals surface area (Å²) in [4.78, 5) is 12.2. The Morgan fingerprint density at radius 1 is 1.04 bits per heavy atom. The smallest absolute Gasteiger partial charge is 0.275 e. The van der Waals surface area contributed by atoms with Gasteiger partial charge >= 0.3 is 0 Å². The second-order valence-corrected chi connectivity index (χ2v) is 6.18. The first-order valence-corrected chi connectivity index (χ1v) is 8.53. The van der Waals surface area contributed by atoms with Gasteiger partial charge in [-0.1, -0.05) is 54.1 Å². The molecule has 1 atom stereocenters. The van der Waals surface area contributed by atoms with Gasteiger partial charge in [-0.2, -0.15) is 0 Å². The molecule has 0 aliphatic rings. The molecule has 0 fully saturated rings. The number of furan rings is 1. The Bertz CT molecular complexity index is 786. The lowest BCUT2D eigenvalue weighted by atomic mass is 10.0. The summed E-state index contributed by atoms with van der Waals surface area (Å²) in [7, 11) is 0. The minimum absolute atomic E-state index is 0.0255. The highest BCUT2D eigenvalue weighted by atomic mass is 35.5. The molecule has 3 aromatic rings. The molecule has 4 nitrogen and oxygen atoms in total. The van der Waals surface area contributed by atoms with Crippen molar-refractivity contribution in [1.82, 2.24) is 5.32 Å². The fraction of sp³-hybridized carbons (Fsp3) is 0.150. The first-order valence-electron chi connectivity index (χ1n) is 8.15. The number of nitrogens with two attached hydrogens (primary N) is 1. The first-order chi connectivity index (χ1) is 12.2. The molecule has 5 heteroatoms. The van der Waals surface area contributed by atoms with Crippen LogP contribution in [0.15, 0.2) is 77.4 Å². The van der Waals surface area contributed by atoms with Gasteiger partial charge in [-0.25, -0.2) is 0 Å². The topological polar surface area (TPSA) is 58.9 Å². The molecule has 0 aliphatic carbocycles. The quantitative estimate of drug-likeness (QED) is 0.684. The zero-order chi connectivity index (χ0) is 17.5. The maximum Gasteiger partial charge on any atom is 0.275 e. The predicted molar refractivity (Wildman–Crippen MR) is 97.1 cm³/mol. The van der Waals surface area contributed by atoms with Gasteiger partial charge in [0.15, 0.2) is 18.3 Å². The summed E-state index contributed by atoms with van der Waals surface area (Å²) in [6, 6.07) is 21.2. The summed E-state index contributed by atoms with van der Waals surface area (Å²) in [5.41, 5.74) is 2.12. The third-order valence-corrected chi connectivity index (χ3v) is 4.20. The number of carbonyl (C=O) groups is 1. The Labute approximate surface area is 151 Å². The zero-order valence-corrected chi connectivity index (χ0v) is 14.4. The number of halogens is 1. The van der Waals surface area contributed by atoms with E-state index < -0.39 is 0 Å². The van der Waals surface area contributed by atoms with Crippen LogP contribution >= 0.6 is 11.6 Å². The average molecular weight is 356 g/mol. The Morgan fingerprint density at radius 2 is 1.80 bits per heavy atom. The highest BCUT2D eigenvalue weighted by molar-refractivity contribution is 6.30. The van der Waals surface area contributed by atoms with Crippen LogP contribution in [-0.4, -0.2) is 12.5 Å². The van der Waals surface area contributed by atoms with Crippen LogP contribution in [0.4, 0.5) is 0 Å². The van der Waals surface area contributed by atoms with E-state index >= 15 is 0 Å². The lowest BCUT2D eigenvalue weighted by Gasteiger charge is -2.14. The van der Waals surface area contributed by atoms with E-state index in [4.69, 9.17) is 16.0 Å². The molecule has 0 saturated carbocycles. The van der Waals surface area contributed by atoms with E-state index in [0.717, 1.165) is 16.9 Å². The van der Waals surface area contributed by atoms with Crippen molar-refractivity contribution in [2.24, 2.45) is 0 Å². The second kappa shape index (κ2) is 8.51. The van der Waals surface area contributed by atoms with Crippen LogP contribution in [0.25, 0.3) is 0 Å². The molecule has 1 heterocycles. The molecule has 0 radical (unpaired) electrons. The van der Waals surface area contributed by atoms with Gasteiger partial charge in [0.1, 0.15) is 0 Å². The lowest BCUT2D eigenvalue weighted by molar-refractivity contribution is -0.678. The van der Waals surface area contributed by atoms with E-state index in [2.05, 4.69) is 5.32 Å². The second-order valence-electron chi connectivity index (χ2n) is 5.75. The maximum atomic E-state index is 12.2. The van der Waals surface area contributed by atoms with Crippen LogP contribution in [-0.2, 0) is 11.3 Å². The van der Waals surface area contributed by atoms with E-state index in [1.54, 1.807) is 6.26 Å². The van der Waals surface area contributed by atoms with Crippen molar-refractivity contribution in [3.63, 3.8) is 0 Å². The van der Waals surface area contributed by atoms with Gasteiger partial charge in [-0.3, -0.25) is 4.79 Å². The van der Waals surface area contributed by atoms with Crippen molar-refractivity contribution in [2.75, 3.05) is 6.54 Å². The van der Waals surface area contributed by atoms with Gasteiger partial charge in [0, 0.05) is 17.1 Å². The number of hydrogen-bond acceptors (Lipinski definition) is 2. The molecule has 0 saturated heterocycles. The van der Waals surface area contributed by atoms with Gasteiger partial charge < -0.3 is 15.1 Å². The number of nitrogens with one attached hydrogen (secondary N) is 1. The average Bonchev–Trinajstić information content (AvgIpc) is 3.17. The normalized spacial score (nSPS) is 11.9. The van der Waals surface area contributed by atoms with E-state index in [-0.39, 0.29) is 11.9 Å². The molecule has 2 aromatic carbocycles. The van der Waals surface area contributed by atoms with Crippen molar-refractivity contribution >= 4 is 17.5 Å². The first kappa shape index (κ1) is 17.3. The molecule has 1 amide bonds. The molecule has 0 aliphatic heterocycles. The Kier molecular flexibility index (Phi) is 5.88. The molecule has 3 N–H and O–H groups in total. The minimum Gasteiger partial charge on any atom is -0.463 e. The Hall–Kier alpha value is -2.56. The van der Waals surface area contributed by atoms with Crippen LogP contribution in [0.3, 0.4) is 0 Å². The standard InChI is InChI=1S/C20H19ClN2O2/c21-17-10-8-15(9-11-17)13-22-19(24)14-23-20(18-7-4-12-25-18)16-5-2-1-3-6-16/h1-12,20,23H,13-14H2,(H,22,24)/p+1/t20-/m0/s1. The van der Waals surface area contributed by atoms with Gasteiger partial charge in [0.05, 0.1) is 6.26 Å². The monoisotopic (exact) mass is 355 g/mol. The molecule has 3 rings (SSSR count). The largest absolute Gasteiger partial charge is 0.463 e. The molecule has 0 unspecified atom stereocenters. The predicted octanol–water partition coefficient (Wildman–Crippen LogP) is 2.90. The highest BCUT2D eigenvalue weighted by Crippen LogP contribution is 2.18. The van der Waals surface area contributed by atoms with Crippen molar-refractivity contribution < 1.29 is 14.5 Å². The van der Waals surface area contributed by atoms with E-state index in [9.17, 15) is 4.79 Å². The third-order valence-electron chi connectivity index (χ3n) is 3.95. The van der Waals surface area contributed by atoms with E-state index in [1.807, 2.05) is 72.0 Å². The summed E-state index contributed by atoms with van der Waals surface area (Å²) < 4.78 is 5.55. The van der Waals surface area contributed by atoms with Crippen molar-refractivity contribution in [3.8, 4) is 0 Å². The lowest BCUT2D eigenvalue weighted by Crippen LogP contribution is -2.87. The van der Waals surface area contributed by atoms with Crippen LogP contribution in [0.5, 0.6) is 0 Å². The number of quaternary nitrogens is 1. The Balaban J connectivity index is 1.57. The number of amides is 1. The van der Waals surface area contributed by atoms with Gasteiger partial charge in [0.25, 0.3) is 5.91 Å². The van der Waals surface area contributed by atoms with Crippen molar-refractivity contribution in [3.05, 3.63) is 94.9 Å². The number of benzene rings is 2. The molecule has 0 bridgehead atoms. The fourth-order valence-corrected chi connectivity index (χ4v) is 2.77. The number of rotatable bonds is 7. The SMILES string of the molecule is O=C(C[NH2+][C@@H](c1ccccc1)c1ccco1)NCc1ccc(Cl)cc1. The molecule has 1 aromatic heterocycles. The van der Waals surface area contributed by atoms with Crippen LogP contribution < -0.4 is 10.6 Å². The Morgan fingerprint density at radius 3 is 2.48 bits per heavy atom. The third kappa shape index (κ3) is 4.95. The summed E-state index contributed by atoms with van der Waals surface area (Å²) in [6.45, 7) is 0.800. The molecule has 0 spiro atoms. The van der Waals surface area contributed by atoms with Gasteiger partial charge in [-0.05, 0) is 29.8 Å². The van der Waals surface area contributed by atoms with Gasteiger partial charge in [0.2, 0.25) is 0 Å². The maximum absolute atomic E-state index is 12.2. The van der Waals surface area contributed by atoms with E-state index in [1.165, 1.54) is 0 Å². The summed E-state index contributed by atoms with van der Waals surface area (Å²) in [5.74, 6) is 0.805. The van der Waals surface area contributed by atoms with Crippen molar-refractivity contribution in [1.29, 1.82) is 0 Å². The number of hydrogen-bond donors (Lipinski definition) is 2. The van der Waals surface area contributed by atoms with Crippen LogP contribution in [0.1, 0.15) is 22.9 Å². The summed E-state index contributed by atoms with van der Waals surface area (Å²) >= 11 is 5.86. The zero-order valence-electron chi connectivity index (χ0n) is 13.7. The highest BCUT2D eigenvalue weighted by Gasteiger charge is 2.21. The van der Waals surface area contributed by atoms with Crippen molar-refractivity contribution in [2.45, 2.75) is 12.6 Å². The van der Waals surface area contributed by atoms with Gasteiger partial charge in [-0.15, -0.1) is 0 Å². The van der Waals surface area contributed by atoms with Crippen LogP contribution in [0, 0.1) is 0 Å².